The van der Waals surface area contributed by atoms with Crippen molar-refractivity contribution >= 4 is 17.7 Å². The van der Waals surface area contributed by atoms with E-state index in [-0.39, 0.29) is 11.9 Å². The number of rotatable bonds is 9. The Morgan fingerprint density at radius 3 is 2.71 bits per heavy atom. The molecule has 0 bridgehead atoms. The van der Waals surface area contributed by atoms with Crippen LogP contribution in [-0.2, 0) is 15.3 Å². The Morgan fingerprint density at radius 1 is 1.18 bits per heavy atom. The van der Waals surface area contributed by atoms with Crippen molar-refractivity contribution in [2.45, 2.75) is 11.8 Å². The summed E-state index contributed by atoms with van der Waals surface area (Å²) in [5.41, 5.74) is 2.39. The minimum Gasteiger partial charge on any atom is -0.497 e. The first-order chi connectivity index (χ1) is 13.8. The minimum absolute atomic E-state index is 0.0714. The van der Waals surface area contributed by atoms with Gasteiger partial charge in [-0.1, -0.05) is 42.5 Å². The van der Waals surface area contributed by atoms with Gasteiger partial charge in [0.15, 0.2) is 0 Å². The Labute approximate surface area is 171 Å². The lowest BCUT2D eigenvalue weighted by molar-refractivity contribution is -0.118. The first-order valence-electron chi connectivity index (χ1n) is 9.60. The molecule has 150 valence electrons. The van der Waals surface area contributed by atoms with Crippen molar-refractivity contribution in [3.05, 3.63) is 65.7 Å². The third kappa shape index (κ3) is 6.26. The summed E-state index contributed by atoms with van der Waals surface area (Å²) in [6, 6.07) is 18.4. The number of morpholine rings is 1. The van der Waals surface area contributed by atoms with E-state index in [1.54, 1.807) is 18.9 Å². The molecule has 1 heterocycles. The molecule has 1 fully saturated rings. The topological polar surface area (TPSA) is 50.8 Å². The number of hydrogen-bond donors (Lipinski definition) is 1. The lowest BCUT2D eigenvalue weighted by Gasteiger charge is -2.35. The van der Waals surface area contributed by atoms with Crippen LogP contribution in [0.1, 0.15) is 17.2 Å². The van der Waals surface area contributed by atoms with Crippen LogP contribution in [0.5, 0.6) is 5.75 Å². The van der Waals surface area contributed by atoms with Crippen LogP contribution in [0, 0.1) is 0 Å². The summed E-state index contributed by atoms with van der Waals surface area (Å²) in [7, 11) is 1.68. The molecule has 1 aliphatic rings. The summed E-state index contributed by atoms with van der Waals surface area (Å²) in [4.78, 5) is 14.7. The van der Waals surface area contributed by atoms with Gasteiger partial charge in [0.1, 0.15) is 5.75 Å². The zero-order chi connectivity index (χ0) is 19.6. The van der Waals surface area contributed by atoms with Crippen molar-refractivity contribution in [1.82, 2.24) is 10.2 Å². The summed E-state index contributed by atoms with van der Waals surface area (Å²) in [6.45, 7) is 3.75. The van der Waals surface area contributed by atoms with Gasteiger partial charge in [0.2, 0.25) is 5.91 Å². The summed E-state index contributed by atoms with van der Waals surface area (Å²) < 4.78 is 10.9. The lowest BCUT2D eigenvalue weighted by Crippen LogP contribution is -2.44. The number of ether oxygens (including phenoxy) is 2. The van der Waals surface area contributed by atoms with Crippen LogP contribution in [0.15, 0.2) is 54.6 Å². The number of carbonyl (C=O) groups excluding carboxylic acids is 1. The molecule has 0 radical (unpaired) electrons. The van der Waals surface area contributed by atoms with E-state index in [0.29, 0.717) is 12.3 Å². The average molecular weight is 401 g/mol. The van der Waals surface area contributed by atoms with Crippen molar-refractivity contribution in [2.24, 2.45) is 0 Å². The Morgan fingerprint density at radius 2 is 1.96 bits per heavy atom. The highest BCUT2D eigenvalue weighted by Gasteiger charge is 2.23. The lowest BCUT2D eigenvalue weighted by atomic mass is 10.0. The third-order valence-electron chi connectivity index (χ3n) is 4.80. The number of nitrogens with zero attached hydrogens (tertiary/aromatic N) is 1. The number of benzene rings is 2. The van der Waals surface area contributed by atoms with Crippen LogP contribution in [0.25, 0.3) is 0 Å². The average Bonchev–Trinajstić information content (AvgIpc) is 2.75. The molecule has 0 saturated carbocycles. The largest absolute Gasteiger partial charge is 0.497 e. The Kier molecular flexibility index (Phi) is 8.21. The predicted molar refractivity (Wildman–Crippen MR) is 114 cm³/mol. The smallest absolute Gasteiger partial charge is 0.230 e. The predicted octanol–water partition coefficient (Wildman–Crippen LogP) is 3.12. The summed E-state index contributed by atoms with van der Waals surface area (Å²) >= 11 is 1.64. The second kappa shape index (κ2) is 11.1. The Hall–Kier alpha value is -2.02. The highest BCUT2D eigenvalue weighted by molar-refractivity contribution is 7.99. The molecule has 0 aromatic heterocycles. The van der Waals surface area contributed by atoms with E-state index in [1.807, 2.05) is 30.3 Å². The van der Waals surface area contributed by atoms with E-state index in [1.165, 1.54) is 5.56 Å². The van der Waals surface area contributed by atoms with Gasteiger partial charge in [0.05, 0.1) is 32.1 Å². The number of methoxy groups -OCH3 is 1. The molecule has 1 saturated heterocycles. The van der Waals surface area contributed by atoms with E-state index in [2.05, 4.69) is 34.5 Å². The monoisotopic (exact) mass is 400 g/mol. The van der Waals surface area contributed by atoms with Crippen LogP contribution in [0.3, 0.4) is 0 Å². The fourth-order valence-corrected chi connectivity index (χ4v) is 4.11. The first kappa shape index (κ1) is 20.7. The summed E-state index contributed by atoms with van der Waals surface area (Å²) in [6.07, 6.45) is 0. The van der Waals surface area contributed by atoms with E-state index >= 15 is 0 Å². The molecule has 3 rings (SSSR count). The normalized spacial score (nSPS) is 15.8. The van der Waals surface area contributed by atoms with Crippen LogP contribution in [-0.4, -0.2) is 56.5 Å². The van der Waals surface area contributed by atoms with Gasteiger partial charge in [0, 0.05) is 25.4 Å². The van der Waals surface area contributed by atoms with Gasteiger partial charge in [-0.3, -0.25) is 9.69 Å². The van der Waals surface area contributed by atoms with E-state index < -0.39 is 0 Å². The Bertz CT molecular complexity index is 736. The molecule has 1 atom stereocenters. The van der Waals surface area contributed by atoms with Gasteiger partial charge in [-0.15, -0.1) is 11.8 Å². The van der Waals surface area contributed by atoms with E-state index in [0.717, 1.165) is 43.4 Å². The quantitative estimate of drug-likeness (QED) is 0.701. The molecule has 1 aliphatic heterocycles. The maximum atomic E-state index is 12.4. The van der Waals surface area contributed by atoms with Crippen LogP contribution in [0.2, 0.25) is 0 Å². The molecule has 0 aliphatic carbocycles. The van der Waals surface area contributed by atoms with Gasteiger partial charge in [0.25, 0.3) is 0 Å². The molecule has 2 aromatic carbocycles. The van der Waals surface area contributed by atoms with Gasteiger partial charge >= 0.3 is 0 Å². The summed E-state index contributed by atoms with van der Waals surface area (Å²) in [5, 5.41) is 3.12. The standard InChI is InChI=1S/C22H28N2O3S/c1-26-20-9-5-8-19(14-20)21(24-10-12-27-13-11-24)15-23-22(25)17-28-16-18-6-3-2-4-7-18/h2-9,14,21H,10-13,15-17H2,1H3,(H,23,25)/t21-/m1/s1. The van der Waals surface area contributed by atoms with Gasteiger partial charge in [-0.2, -0.15) is 0 Å². The molecular formula is C22H28N2O3S. The van der Waals surface area contributed by atoms with Gasteiger partial charge in [-0.05, 0) is 23.3 Å². The number of amides is 1. The summed E-state index contributed by atoms with van der Waals surface area (Å²) in [5.74, 6) is 2.21. The second-order valence-corrected chi connectivity index (χ2v) is 7.71. The molecule has 1 N–H and O–H groups in total. The molecule has 0 unspecified atom stereocenters. The molecule has 6 heteroatoms. The SMILES string of the molecule is COc1cccc([C@@H](CNC(=O)CSCc2ccccc2)N2CCOCC2)c1. The number of nitrogens with one attached hydrogen (secondary N) is 1. The fourth-order valence-electron chi connectivity index (χ4n) is 3.29. The molecule has 5 nitrogen and oxygen atoms in total. The fraction of sp³-hybridized carbons (Fsp3) is 0.409. The van der Waals surface area contributed by atoms with Crippen molar-refractivity contribution < 1.29 is 14.3 Å². The maximum Gasteiger partial charge on any atom is 0.230 e. The zero-order valence-electron chi connectivity index (χ0n) is 16.3. The molecular weight excluding hydrogens is 372 g/mol. The van der Waals surface area contributed by atoms with Crippen molar-refractivity contribution in [2.75, 3.05) is 45.7 Å². The van der Waals surface area contributed by atoms with Crippen molar-refractivity contribution in [1.29, 1.82) is 0 Å². The number of thioether (sulfide) groups is 1. The second-order valence-electron chi connectivity index (χ2n) is 6.72. The molecule has 0 spiro atoms. The van der Waals surface area contributed by atoms with Crippen LogP contribution >= 0.6 is 11.8 Å². The highest BCUT2D eigenvalue weighted by atomic mass is 32.2. The molecule has 28 heavy (non-hydrogen) atoms. The minimum atomic E-state index is 0.0714. The van der Waals surface area contributed by atoms with Crippen LogP contribution < -0.4 is 10.1 Å². The first-order valence-corrected chi connectivity index (χ1v) is 10.8. The van der Waals surface area contributed by atoms with E-state index in [9.17, 15) is 4.79 Å². The van der Waals surface area contributed by atoms with E-state index in [4.69, 9.17) is 9.47 Å². The van der Waals surface area contributed by atoms with Crippen LogP contribution in [0.4, 0.5) is 0 Å². The number of carbonyl (C=O) groups is 1. The molecule has 2 aromatic rings. The Balaban J connectivity index is 1.55. The molecule has 1 amide bonds. The zero-order valence-corrected chi connectivity index (χ0v) is 17.1. The highest BCUT2D eigenvalue weighted by Crippen LogP contribution is 2.25. The number of hydrogen-bond acceptors (Lipinski definition) is 5. The van der Waals surface area contributed by atoms with Gasteiger partial charge in [-0.25, -0.2) is 0 Å². The van der Waals surface area contributed by atoms with Crippen molar-refractivity contribution in [3.8, 4) is 5.75 Å². The van der Waals surface area contributed by atoms with Gasteiger partial charge < -0.3 is 14.8 Å². The maximum absolute atomic E-state index is 12.4. The van der Waals surface area contributed by atoms with Crippen molar-refractivity contribution in [3.63, 3.8) is 0 Å². The third-order valence-corrected chi connectivity index (χ3v) is 5.81.